The monoisotopic (exact) mass is 307 g/mol. The van der Waals surface area contributed by atoms with Gasteiger partial charge in [0.25, 0.3) is 0 Å². The fourth-order valence-electron chi connectivity index (χ4n) is 2.27. The molecular formula is C17H17N5O. The molecule has 6 heteroatoms. The number of fused-ring (bicyclic) bond motifs is 1. The minimum atomic E-state index is -0.468. The predicted molar refractivity (Wildman–Crippen MR) is 89.7 cm³/mol. The van der Waals surface area contributed by atoms with Crippen LogP contribution in [0.3, 0.4) is 0 Å². The van der Waals surface area contributed by atoms with Crippen molar-refractivity contribution in [3.05, 3.63) is 54.0 Å². The summed E-state index contributed by atoms with van der Waals surface area (Å²) >= 11 is 0. The number of primary amides is 1. The van der Waals surface area contributed by atoms with Crippen molar-refractivity contribution in [1.29, 1.82) is 0 Å². The summed E-state index contributed by atoms with van der Waals surface area (Å²) in [6.45, 7) is 4.17. The van der Waals surface area contributed by atoms with Crippen molar-refractivity contribution < 1.29 is 4.79 Å². The maximum Gasteiger partial charge on any atom is 0.248 e. The molecule has 3 N–H and O–H groups in total. The smallest absolute Gasteiger partial charge is 0.248 e. The molecule has 0 aliphatic rings. The van der Waals surface area contributed by atoms with Gasteiger partial charge < -0.3 is 11.1 Å². The molecule has 0 saturated heterocycles. The van der Waals surface area contributed by atoms with Gasteiger partial charge in [-0.1, -0.05) is 19.9 Å². The van der Waals surface area contributed by atoms with Gasteiger partial charge in [-0.3, -0.25) is 4.79 Å². The van der Waals surface area contributed by atoms with E-state index in [4.69, 9.17) is 5.73 Å². The van der Waals surface area contributed by atoms with Crippen LogP contribution in [0.1, 0.15) is 35.8 Å². The summed E-state index contributed by atoms with van der Waals surface area (Å²) in [5.74, 6) is 0.502. The Balaban J connectivity index is 2.00. The van der Waals surface area contributed by atoms with Crippen LogP contribution in [0.2, 0.25) is 0 Å². The Morgan fingerprint density at radius 1 is 1.17 bits per heavy atom. The van der Waals surface area contributed by atoms with Gasteiger partial charge in [0.15, 0.2) is 5.65 Å². The SMILES string of the molecule is CC(C)c1ccc2c(Nc3cccc(C(N)=O)c3)ncnc2n1. The zero-order valence-electron chi connectivity index (χ0n) is 12.9. The third-order valence-electron chi connectivity index (χ3n) is 3.52. The molecule has 6 nitrogen and oxygen atoms in total. The minimum Gasteiger partial charge on any atom is -0.366 e. The van der Waals surface area contributed by atoms with E-state index >= 15 is 0 Å². The van der Waals surface area contributed by atoms with Gasteiger partial charge in [0, 0.05) is 16.9 Å². The normalized spacial score (nSPS) is 10.9. The van der Waals surface area contributed by atoms with E-state index in [0.29, 0.717) is 22.9 Å². The summed E-state index contributed by atoms with van der Waals surface area (Å²) in [4.78, 5) is 24.3. The Morgan fingerprint density at radius 3 is 2.74 bits per heavy atom. The summed E-state index contributed by atoms with van der Waals surface area (Å²) < 4.78 is 0. The molecule has 23 heavy (non-hydrogen) atoms. The van der Waals surface area contributed by atoms with Crippen molar-refractivity contribution >= 4 is 28.4 Å². The minimum absolute atomic E-state index is 0.332. The van der Waals surface area contributed by atoms with Crippen molar-refractivity contribution in [3.8, 4) is 0 Å². The number of nitrogens with zero attached hydrogens (tertiary/aromatic N) is 3. The summed E-state index contributed by atoms with van der Waals surface area (Å²) in [5.41, 5.74) is 8.10. The molecule has 2 heterocycles. The fourth-order valence-corrected chi connectivity index (χ4v) is 2.27. The highest BCUT2D eigenvalue weighted by molar-refractivity contribution is 5.94. The molecular weight excluding hydrogens is 290 g/mol. The Labute approximate surface area is 133 Å². The highest BCUT2D eigenvalue weighted by Gasteiger charge is 2.09. The van der Waals surface area contributed by atoms with Crippen molar-refractivity contribution in [2.75, 3.05) is 5.32 Å². The van der Waals surface area contributed by atoms with Crippen LogP contribution in [0.15, 0.2) is 42.7 Å². The number of benzene rings is 1. The van der Waals surface area contributed by atoms with Crippen LogP contribution in [0.4, 0.5) is 11.5 Å². The molecule has 0 bridgehead atoms. The van der Waals surface area contributed by atoms with Crippen molar-refractivity contribution in [3.63, 3.8) is 0 Å². The van der Waals surface area contributed by atoms with E-state index < -0.39 is 5.91 Å². The highest BCUT2D eigenvalue weighted by Crippen LogP contribution is 2.24. The molecule has 0 unspecified atom stereocenters. The molecule has 2 aromatic heterocycles. The molecule has 3 rings (SSSR count). The number of anilines is 2. The van der Waals surface area contributed by atoms with Gasteiger partial charge in [0.05, 0.1) is 5.39 Å². The third kappa shape index (κ3) is 3.11. The highest BCUT2D eigenvalue weighted by atomic mass is 16.1. The van der Waals surface area contributed by atoms with E-state index in [-0.39, 0.29) is 0 Å². The van der Waals surface area contributed by atoms with Gasteiger partial charge in [-0.15, -0.1) is 0 Å². The van der Waals surface area contributed by atoms with Crippen LogP contribution in [0.25, 0.3) is 11.0 Å². The molecule has 1 amide bonds. The maximum absolute atomic E-state index is 11.3. The number of nitrogens with one attached hydrogen (secondary N) is 1. The number of amides is 1. The van der Waals surface area contributed by atoms with E-state index in [9.17, 15) is 4.79 Å². The first kappa shape index (κ1) is 14.9. The summed E-state index contributed by atoms with van der Waals surface area (Å²) in [6, 6.07) is 10.9. The zero-order chi connectivity index (χ0) is 16.4. The zero-order valence-corrected chi connectivity index (χ0v) is 12.9. The molecule has 0 aliphatic carbocycles. The van der Waals surface area contributed by atoms with Gasteiger partial charge in [0.1, 0.15) is 12.1 Å². The predicted octanol–water partition coefficient (Wildman–Crippen LogP) is 2.99. The number of rotatable bonds is 4. The average molecular weight is 307 g/mol. The van der Waals surface area contributed by atoms with Crippen LogP contribution >= 0.6 is 0 Å². The number of aromatic nitrogens is 3. The third-order valence-corrected chi connectivity index (χ3v) is 3.52. The number of pyridine rings is 1. The first-order chi connectivity index (χ1) is 11.0. The lowest BCUT2D eigenvalue weighted by molar-refractivity contribution is 0.100. The molecule has 0 saturated carbocycles. The lowest BCUT2D eigenvalue weighted by Gasteiger charge is -2.10. The van der Waals surface area contributed by atoms with Gasteiger partial charge in [-0.05, 0) is 36.2 Å². The topological polar surface area (TPSA) is 93.8 Å². The Hall–Kier alpha value is -3.02. The van der Waals surface area contributed by atoms with E-state index in [1.165, 1.54) is 6.33 Å². The van der Waals surface area contributed by atoms with Crippen LogP contribution in [-0.2, 0) is 0 Å². The van der Waals surface area contributed by atoms with Crippen LogP contribution < -0.4 is 11.1 Å². The molecule has 0 spiro atoms. The van der Waals surface area contributed by atoms with E-state index in [2.05, 4.69) is 34.1 Å². The van der Waals surface area contributed by atoms with E-state index in [1.807, 2.05) is 18.2 Å². The molecule has 0 fully saturated rings. The number of nitrogens with two attached hydrogens (primary N) is 1. The summed E-state index contributed by atoms with van der Waals surface area (Å²) in [5, 5.41) is 4.01. The van der Waals surface area contributed by atoms with Gasteiger partial charge >= 0.3 is 0 Å². The van der Waals surface area contributed by atoms with Gasteiger partial charge in [-0.2, -0.15) is 0 Å². The lowest BCUT2D eigenvalue weighted by Crippen LogP contribution is -2.11. The van der Waals surface area contributed by atoms with Gasteiger partial charge in [-0.25, -0.2) is 15.0 Å². The van der Waals surface area contributed by atoms with Crippen LogP contribution in [-0.4, -0.2) is 20.9 Å². The molecule has 0 atom stereocenters. The van der Waals surface area contributed by atoms with E-state index in [0.717, 1.165) is 16.8 Å². The second-order valence-electron chi connectivity index (χ2n) is 5.55. The molecule has 3 aromatic rings. The average Bonchev–Trinajstić information content (AvgIpc) is 2.55. The van der Waals surface area contributed by atoms with Crippen molar-refractivity contribution in [2.24, 2.45) is 5.73 Å². The van der Waals surface area contributed by atoms with Crippen LogP contribution in [0, 0.1) is 0 Å². The number of hydrogen-bond donors (Lipinski definition) is 2. The maximum atomic E-state index is 11.3. The molecule has 116 valence electrons. The first-order valence-electron chi connectivity index (χ1n) is 7.33. The first-order valence-corrected chi connectivity index (χ1v) is 7.33. The number of carbonyl (C=O) groups is 1. The standard InChI is InChI=1S/C17H17N5O/c1-10(2)14-7-6-13-16(19-9-20-17(13)22-14)21-12-5-3-4-11(8-12)15(18)23/h3-10H,1-2H3,(H2,18,23)(H,19,20,21,22). The Morgan fingerprint density at radius 2 is 2.00 bits per heavy atom. The fraction of sp³-hybridized carbons (Fsp3) is 0.176. The summed E-state index contributed by atoms with van der Waals surface area (Å²) in [7, 11) is 0. The second-order valence-corrected chi connectivity index (χ2v) is 5.55. The van der Waals surface area contributed by atoms with Crippen molar-refractivity contribution in [1.82, 2.24) is 15.0 Å². The lowest BCUT2D eigenvalue weighted by atomic mass is 10.1. The molecule has 1 aromatic carbocycles. The Bertz CT molecular complexity index is 876. The molecule has 0 aliphatic heterocycles. The van der Waals surface area contributed by atoms with Gasteiger partial charge in [0.2, 0.25) is 5.91 Å². The molecule has 0 radical (unpaired) electrons. The van der Waals surface area contributed by atoms with E-state index in [1.54, 1.807) is 18.2 Å². The largest absolute Gasteiger partial charge is 0.366 e. The second kappa shape index (κ2) is 6.00. The Kier molecular flexibility index (Phi) is 3.89. The number of carbonyl (C=O) groups excluding carboxylic acids is 1. The number of hydrogen-bond acceptors (Lipinski definition) is 5. The van der Waals surface area contributed by atoms with Crippen molar-refractivity contribution in [2.45, 2.75) is 19.8 Å². The quantitative estimate of drug-likeness (QED) is 0.772. The summed E-state index contributed by atoms with van der Waals surface area (Å²) in [6.07, 6.45) is 1.47. The van der Waals surface area contributed by atoms with Crippen LogP contribution in [0.5, 0.6) is 0 Å².